The molecule has 1 amide bonds. The Labute approximate surface area is 228 Å². The molecule has 7 heteroatoms. The van der Waals surface area contributed by atoms with Gasteiger partial charge in [-0.05, 0) is 78.6 Å². The summed E-state index contributed by atoms with van der Waals surface area (Å²) in [6, 6.07) is 13.4. The predicted octanol–water partition coefficient (Wildman–Crippen LogP) is 5.89. The largest absolute Gasteiger partial charge is 0.492 e. The number of nitrogens with one attached hydrogen (secondary N) is 1. The Morgan fingerprint density at radius 3 is 2.59 bits per heavy atom. The molecule has 3 aromatic carbocycles. The molecule has 1 heterocycles. The summed E-state index contributed by atoms with van der Waals surface area (Å²) in [5.41, 5.74) is 8.15. The summed E-state index contributed by atoms with van der Waals surface area (Å²) in [5.74, 6) is 0.709. The lowest BCUT2D eigenvalue weighted by atomic mass is 9.88. The van der Waals surface area contributed by atoms with Crippen LogP contribution in [0.3, 0.4) is 0 Å². The Morgan fingerprint density at radius 1 is 1.10 bits per heavy atom. The molecule has 2 aliphatic rings. The normalized spacial score (nSPS) is 17.3. The van der Waals surface area contributed by atoms with Crippen LogP contribution in [0.1, 0.15) is 65.2 Å². The van der Waals surface area contributed by atoms with Gasteiger partial charge in [-0.1, -0.05) is 24.3 Å². The molecule has 2 unspecified atom stereocenters. The number of halogens is 1. The number of rotatable bonds is 8. The van der Waals surface area contributed by atoms with Crippen LogP contribution in [0.5, 0.6) is 11.5 Å². The van der Waals surface area contributed by atoms with Gasteiger partial charge in [0.05, 0.1) is 20.1 Å². The van der Waals surface area contributed by atoms with Gasteiger partial charge in [0.2, 0.25) is 5.91 Å². The molecule has 1 aliphatic carbocycles. The van der Waals surface area contributed by atoms with E-state index in [4.69, 9.17) is 14.2 Å². The minimum Gasteiger partial charge on any atom is -0.492 e. The third kappa shape index (κ3) is 5.49. The molecular formula is C32H34FNO5. The highest BCUT2D eigenvalue weighted by Gasteiger charge is 2.32. The molecule has 3 aromatic rings. The van der Waals surface area contributed by atoms with E-state index in [0.717, 1.165) is 51.8 Å². The maximum absolute atomic E-state index is 15.3. The van der Waals surface area contributed by atoms with E-state index in [0.29, 0.717) is 36.6 Å². The molecule has 0 saturated heterocycles. The van der Waals surface area contributed by atoms with E-state index in [9.17, 15) is 9.59 Å². The number of esters is 1. The van der Waals surface area contributed by atoms with Crippen LogP contribution in [0, 0.1) is 19.7 Å². The highest BCUT2D eigenvalue weighted by Crippen LogP contribution is 2.45. The summed E-state index contributed by atoms with van der Waals surface area (Å²) >= 11 is 0. The fourth-order valence-corrected chi connectivity index (χ4v) is 5.98. The minimum absolute atomic E-state index is 0.0334. The number of hydrogen-bond acceptors (Lipinski definition) is 5. The average molecular weight is 532 g/mol. The van der Waals surface area contributed by atoms with Gasteiger partial charge in [-0.3, -0.25) is 9.59 Å². The van der Waals surface area contributed by atoms with Crippen LogP contribution in [-0.2, 0) is 27.2 Å². The zero-order valence-corrected chi connectivity index (χ0v) is 22.9. The van der Waals surface area contributed by atoms with Gasteiger partial charge >= 0.3 is 5.97 Å². The van der Waals surface area contributed by atoms with Gasteiger partial charge in [-0.25, -0.2) is 4.39 Å². The van der Waals surface area contributed by atoms with Crippen LogP contribution in [0.2, 0.25) is 0 Å². The van der Waals surface area contributed by atoms with Crippen LogP contribution in [0.4, 0.5) is 4.39 Å². The van der Waals surface area contributed by atoms with Crippen molar-refractivity contribution < 1.29 is 28.2 Å². The Hall–Kier alpha value is -3.87. The molecule has 0 fully saturated rings. The van der Waals surface area contributed by atoms with Gasteiger partial charge < -0.3 is 19.5 Å². The highest BCUT2D eigenvalue weighted by molar-refractivity contribution is 5.76. The molecule has 0 bridgehead atoms. The molecule has 0 spiro atoms. The third-order valence-electron chi connectivity index (χ3n) is 7.72. The van der Waals surface area contributed by atoms with Gasteiger partial charge in [0.15, 0.2) is 0 Å². The lowest BCUT2D eigenvalue weighted by molar-refractivity contribution is -0.141. The van der Waals surface area contributed by atoms with Crippen LogP contribution in [-0.4, -0.2) is 32.1 Å². The molecule has 2 atom stereocenters. The molecule has 0 radical (unpaired) electrons. The fourth-order valence-electron chi connectivity index (χ4n) is 5.98. The number of carbonyl (C=O) groups is 2. The number of fused-ring (bicyclic) bond motifs is 2. The molecule has 6 nitrogen and oxygen atoms in total. The lowest BCUT2D eigenvalue weighted by Crippen LogP contribution is -2.22. The quantitative estimate of drug-likeness (QED) is 0.367. The SMILES string of the molecule is COC(=O)CC1COc2cc(OC3CCc4c(-c5c(C)cc(CCNC(C)=O)cc5C)ccc(F)c43)ccc21. The maximum atomic E-state index is 15.3. The number of carbonyl (C=O) groups excluding carboxylic acids is 2. The molecular weight excluding hydrogens is 497 g/mol. The number of methoxy groups -OCH3 is 1. The summed E-state index contributed by atoms with van der Waals surface area (Å²) in [4.78, 5) is 22.9. The first-order chi connectivity index (χ1) is 18.7. The first-order valence-corrected chi connectivity index (χ1v) is 13.4. The van der Waals surface area contributed by atoms with Crippen molar-refractivity contribution in [3.63, 3.8) is 0 Å². The Balaban J connectivity index is 1.38. The number of benzene rings is 3. The van der Waals surface area contributed by atoms with Crippen molar-refractivity contribution in [3.05, 3.63) is 81.7 Å². The van der Waals surface area contributed by atoms with Crippen LogP contribution in [0.15, 0.2) is 42.5 Å². The Kier molecular flexibility index (Phi) is 7.60. The van der Waals surface area contributed by atoms with Gasteiger partial charge in [0, 0.05) is 36.6 Å². The molecule has 1 aliphatic heterocycles. The predicted molar refractivity (Wildman–Crippen MR) is 147 cm³/mol. The standard InChI is InChI=1S/C32H34FNO5/c1-18-13-21(11-12-34-20(3)35)14-19(2)31(18)25-7-9-27(33)32-26(25)8-10-28(32)39-23-5-6-24-22(15-30(36)37-4)17-38-29(24)16-23/h5-7,9,13-14,16,22,28H,8,10-12,15,17H2,1-4H3,(H,34,35). The summed E-state index contributed by atoms with van der Waals surface area (Å²) in [6.45, 7) is 6.70. The number of aryl methyl sites for hydroxylation is 2. The van der Waals surface area contributed by atoms with E-state index in [2.05, 4.69) is 31.3 Å². The number of hydrogen-bond donors (Lipinski definition) is 1. The molecule has 5 rings (SSSR count). The van der Waals surface area contributed by atoms with Crippen molar-refractivity contribution in [1.82, 2.24) is 5.32 Å². The van der Waals surface area contributed by atoms with Gasteiger partial charge in [-0.15, -0.1) is 0 Å². The van der Waals surface area contributed by atoms with Crippen molar-refractivity contribution in [2.24, 2.45) is 0 Å². The van der Waals surface area contributed by atoms with Gasteiger partial charge in [0.1, 0.15) is 23.4 Å². The monoisotopic (exact) mass is 531 g/mol. The summed E-state index contributed by atoms with van der Waals surface area (Å²) in [6.07, 6.45) is 2.02. The summed E-state index contributed by atoms with van der Waals surface area (Å²) < 4.78 is 32.2. The summed E-state index contributed by atoms with van der Waals surface area (Å²) in [5, 5.41) is 2.85. The van der Waals surface area contributed by atoms with Crippen molar-refractivity contribution in [3.8, 4) is 22.6 Å². The molecule has 204 valence electrons. The molecule has 0 saturated carbocycles. The number of ether oxygens (including phenoxy) is 3. The Bertz CT molecular complexity index is 1410. The van der Waals surface area contributed by atoms with E-state index < -0.39 is 6.10 Å². The maximum Gasteiger partial charge on any atom is 0.306 e. The fraction of sp³-hybridized carbons (Fsp3) is 0.375. The first kappa shape index (κ1) is 26.7. The smallest absolute Gasteiger partial charge is 0.306 e. The lowest BCUT2D eigenvalue weighted by Gasteiger charge is -2.19. The van der Waals surface area contributed by atoms with Crippen LogP contribution < -0.4 is 14.8 Å². The van der Waals surface area contributed by atoms with Crippen molar-refractivity contribution in [2.75, 3.05) is 20.3 Å². The molecule has 1 N–H and O–H groups in total. The zero-order valence-electron chi connectivity index (χ0n) is 22.9. The second-order valence-corrected chi connectivity index (χ2v) is 10.5. The molecule has 39 heavy (non-hydrogen) atoms. The van der Waals surface area contributed by atoms with Crippen molar-refractivity contribution >= 4 is 11.9 Å². The third-order valence-corrected chi connectivity index (χ3v) is 7.72. The Morgan fingerprint density at radius 2 is 1.87 bits per heavy atom. The second-order valence-electron chi connectivity index (χ2n) is 10.5. The van der Waals surface area contributed by atoms with Gasteiger partial charge in [0.25, 0.3) is 0 Å². The topological polar surface area (TPSA) is 73.9 Å². The minimum atomic E-state index is -0.400. The first-order valence-electron chi connectivity index (χ1n) is 13.4. The van der Waals surface area contributed by atoms with Crippen molar-refractivity contribution in [1.29, 1.82) is 0 Å². The van der Waals surface area contributed by atoms with Gasteiger partial charge in [-0.2, -0.15) is 0 Å². The van der Waals surface area contributed by atoms with E-state index in [1.807, 2.05) is 24.3 Å². The highest BCUT2D eigenvalue weighted by atomic mass is 19.1. The van der Waals surface area contributed by atoms with Crippen molar-refractivity contribution in [2.45, 2.75) is 58.5 Å². The zero-order chi connectivity index (χ0) is 27.7. The van der Waals surface area contributed by atoms with Crippen LogP contribution >= 0.6 is 0 Å². The number of amides is 1. The molecule has 0 aromatic heterocycles. The summed E-state index contributed by atoms with van der Waals surface area (Å²) in [7, 11) is 1.38. The van der Waals surface area contributed by atoms with E-state index in [-0.39, 0.29) is 30.0 Å². The average Bonchev–Trinajstić information content (AvgIpc) is 3.49. The van der Waals surface area contributed by atoms with E-state index in [1.54, 1.807) is 6.07 Å². The van der Waals surface area contributed by atoms with E-state index in [1.165, 1.54) is 14.0 Å². The van der Waals surface area contributed by atoms with Crippen LogP contribution in [0.25, 0.3) is 11.1 Å². The van der Waals surface area contributed by atoms with E-state index >= 15 is 4.39 Å². The second kappa shape index (κ2) is 11.1.